The van der Waals surface area contributed by atoms with Crippen molar-refractivity contribution in [3.63, 3.8) is 0 Å². The molecule has 28 heavy (non-hydrogen) atoms. The molecule has 2 amide bonds. The third-order valence-electron chi connectivity index (χ3n) is 5.35. The van der Waals surface area contributed by atoms with E-state index in [1.165, 1.54) is 5.56 Å². The lowest BCUT2D eigenvalue weighted by Gasteiger charge is -2.35. The average molecular weight is 386 g/mol. The van der Waals surface area contributed by atoms with E-state index in [-0.39, 0.29) is 12.0 Å². The fourth-order valence-electron chi connectivity index (χ4n) is 3.62. The van der Waals surface area contributed by atoms with Gasteiger partial charge in [0.1, 0.15) is 0 Å². The minimum Gasteiger partial charge on any atom is -0.463 e. The number of aryl methyl sites for hydroxylation is 1. The summed E-state index contributed by atoms with van der Waals surface area (Å²) < 4.78 is 5.33. The topological polar surface area (TPSA) is 73.9 Å². The van der Waals surface area contributed by atoms with Gasteiger partial charge in [-0.2, -0.15) is 0 Å². The Bertz CT molecular complexity index is 737. The molecule has 0 bridgehead atoms. The second-order valence-electron chi connectivity index (χ2n) is 7.32. The van der Waals surface area contributed by atoms with Gasteiger partial charge in [0.05, 0.1) is 18.2 Å². The smallest absolute Gasteiger partial charge is 0.338 e. The Hall–Kier alpha value is -2.38. The van der Waals surface area contributed by atoms with Gasteiger partial charge in [-0.25, -0.2) is 9.59 Å². The third-order valence-corrected chi connectivity index (χ3v) is 5.35. The van der Waals surface area contributed by atoms with Crippen LogP contribution in [-0.4, -0.2) is 68.2 Å². The Morgan fingerprint density at radius 3 is 2.43 bits per heavy atom. The number of carbonyl (C=O) groups is 2. The zero-order chi connectivity index (χ0) is 20.1. The molecule has 2 aliphatic heterocycles. The normalized spacial score (nSPS) is 21.2. The molecule has 0 spiro atoms. The van der Waals surface area contributed by atoms with Crippen LogP contribution in [0.2, 0.25) is 0 Å². The number of likely N-dealkylation sites (N-methyl/N-ethyl adjacent to an activating group) is 1. The molecule has 1 saturated heterocycles. The summed E-state index contributed by atoms with van der Waals surface area (Å²) in [6.45, 7) is 8.44. The fraction of sp³-hybridized carbons (Fsp3) is 0.524. The quantitative estimate of drug-likeness (QED) is 0.728. The molecule has 1 aromatic rings. The number of urea groups is 1. The van der Waals surface area contributed by atoms with E-state index in [9.17, 15) is 9.59 Å². The van der Waals surface area contributed by atoms with Crippen LogP contribution in [0, 0.1) is 0 Å². The summed E-state index contributed by atoms with van der Waals surface area (Å²) in [5.74, 6) is -0.385. The number of hydrogen-bond donors (Lipinski definition) is 2. The second-order valence-corrected chi connectivity index (χ2v) is 7.32. The van der Waals surface area contributed by atoms with Crippen LogP contribution < -0.4 is 10.6 Å². The molecule has 2 aliphatic rings. The summed E-state index contributed by atoms with van der Waals surface area (Å²) >= 11 is 0. The molecule has 3 rings (SSSR count). The summed E-state index contributed by atoms with van der Waals surface area (Å²) in [6.07, 6.45) is 0.939. The Morgan fingerprint density at radius 2 is 1.82 bits per heavy atom. The minimum atomic E-state index is -0.513. The van der Waals surface area contributed by atoms with Gasteiger partial charge >= 0.3 is 12.0 Å². The molecular formula is C21H30N4O3. The molecular weight excluding hydrogens is 356 g/mol. The van der Waals surface area contributed by atoms with Crippen molar-refractivity contribution in [1.82, 2.24) is 20.4 Å². The van der Waals surface area contributed by atoms with E-state index in [0.29, 0.717) is 24.4 Å². The molecule has 0 radical (unpaired) electrons. The highest BCUT2D eigenvalue weighted by molar-refractivity contribution is 5.95. The Morgan fingerprint density at radius 1 is 1.14 bits per heavy atom. The zero-order valence-electron chi connectivity index (χ0n) is 17.0. The van der Waals surface area contributed by atoms with Gasteiger partial charge in [-0.3, -0.25) is 4.90 Å². The van der Waals surface area contributed by atoms with E-state index >= 15 is 0 Å². The van der Waals surface area contributed by atoms with Gasteiger partial charge in [-0.05, 0) is 31.5 Å². The van der Waals surface area contributed by atoms with Gasteiger partial charge in [-0.15, -0.1) is 0 Å². The first-order chi connectivity index (χ1) is 13.5. The van der Waals surface area contributed by atoms with E-state index in [0.717, 1.165) is 38.2 Å². The van der Waals surface area contributed by atoms with E-state index < -0.39 is 6.04 Å². The van der Waals surface area contributed by atoms with Crippen LogP contribution in [-0.2, 0) is 16.0 Å². The van der Waals surface area contributed by atoms with Crippen molar-refractivity contribution in [1.29, 1.82) is 0 Å². The predicted molar refractivity (Wildman–Crippen MR) is 108 cm³/mol. The van der Waals surface area contributed by atoms with Crippen molar-refractivity contribution in [2.75, 3.05) is 46.4 Å². The van der Waals surface area contributed by atoms with Gasteiger partial charge in [0.15, 0.2) is 0 Å². The van der Waals surface area contributed by atoms with Crippen molar-refractivity contribution in [2.45, 2.75) is 26.3 Å². The van der Waals surface area contributed by atoms with Crippen LogP contribution >= 0.6 is 0 Å². The molecule has 2 N–H and O–H groups in total. The molecule has 2 heterocycles. The highest BCUT2D eigenvalue weighted by atomic mass is 16.5. The molecule has 1 aromatic carbocycles. The van der Waals surface area contributed by atoms with E-state index in [1.807, 2.05) is 24.3 Å². The first kappa shape index (κ1) is 20.4. The maximum Gasteiger partial charge on any atom is 0.338 e. The van der Waals surface area contributed by atoms with Crippen LogP contribution in [0.5, 0.6) is 0 Å². The monoisotopic (exact) mass is 386 g/mol. The maximum absolute atomic E-state index is 12.8. The van der Waals surface area contributed by atoms with Crippen molar-refractivity contribution in [3.05, 3.63) is 46.7 Å². The van der Waals surface area contributed by atoms with Crippen LogP contribution in [0.15, 0.2) is 35.5 Å². The molecule has 7 nitrogen and oxygen atoms in total. The summed E-state index contributed by atoms with van der Waals surface area (Å²) in [5, 5.41) is 5.76. The van der Waals surface area contributed by atoms with E-state index in [4.69, 9.17) is 4.74 Å². The standard InChI is InChI=1S/C21H30N4O3/c1-4-15-6-8-16(9-7-15)19-18(20(26)28-5-2)17(22-21(27)23-19)14-25-12-10-24(3)11-13-25/h6-9,19H,4-5,10-14H2,1-3H3,(H2,22,23,27)/t19-/m0/s1. The first-order valence-electron chi connectivity index (χ1n) is 9.99. The molecule has 0 aliphatic carbocycles. The summed E-state index contributed by atoms with van der Waals surface area (Å²) in [4.78, 5) is 29.7. The van der Waals surface area contributed by atoms with Crippen molar-refractivity contribution in [2.24, 2.45) is 0 Å². The first-order valence-corrected chi connectivity index (χ1v) is 9.99. The van der Waals surface area contributed by atoms with Gasteiger partial charge in [0.2, 0.25) is 0 Å². The fourth-order valence-corrected chi connectivity index (χ4v) is 3.62. The number of ether oxygens (including phenoxy) is 1. The lowest BCUT2D eigenvalue weighted by atomic mass is 9.94. The van der Waals surface area contributed by atoms with Gasteiger partial charge < -0.3 is 20.3 Å². The number of benzene rings is 1. The summed E-state index contributed by atoms with van der Waals surface area (Å²) in [5.41, 5.74) is 3.22. The van der Waals surface area contributed by atoms with Gasteiger partial charge in [0, 0.05) is 38.4 Å². The molecule has 1 fully saturated rings. The summed E-state index contributed by atoms with van der Waals surface area (Å²) in [7, 11) is 2.10. The van der Waals surface area contributed by atoms with E-state index in [2.05, 4.69) is 34.4 Å². The number of amides is 2. The maximum atomic E-state index is 12.8. The molecule has 0 saturated carbocycles. The second kappa shape index (κ2) is 9.21. The summed E-state index contributed by atoms with van der Waals surface area (Å²) in [6, 6.07) is 7.21. The largest absolute Gasteiger partial charge is 0.463 e. The van der Waals surface area contributed by atoms with Crippen LogP contribution in [0.4, 0.5) is 4.79 Å². The van der Waals surface area contributed by atoms with Crippen LogP contribution in [0.1, 0.15) is 31.0 Å². The molecule has 0 aromatic heterocycles. The zero-order valence-corrected chi connectivity index (χ0v) is 17.0. The molecule has 152 valence electrons. The predicted octanol–water partition coefficient (Wildman–Crippen LogP) is 1.67. The number of carbonyl (C=O) groups excluding carboxylic acids is 2. The Kier molecular flexibility index (Phi) is 6.70. The highest BCUT2D eigenvalue weighted by Crippen LogP contribution is 2.28. The Labute approximate surface area is 166 Å². The van der Waals surface area contributed by atoms with Crippen molar-refractivity contribution in [3.8, 4) is 0 Å². The molecule has 7 heteroatoms. The highest BCUT2D eigenvalue weighted by Gasteiger charge is 2.34. The van der Waals surface area contributed by atoms with Gasteiger partial charge in [0.25, 0.3) is 0 Å². The minimum absolute atomic E-state index is 0.290. The number of rotatable bonds is 6. The molecule has 1 atom stereocenters. The lowest BCUT2D eigenvalue weighted by molar-refractivity contribution is -0.139. The average Bonchev–Trinajstić information content (AvgIpc) is 2.69. The van der Waals surface area contributed by atoms with Gasteiger partial charge in [-0.1, -0.05) is 31.2 Å². The molecule has 0 unspecified atom stereocenters. The Balaban J connectivity index is 1.93. The number of nitrogens with zero attached hydrogens (tertiary/aromatic N) is 2. The van der Waals surface area contributed by atoms with E-state index in [1.54, 1.807) is 6.92 Å². The van der Waals surface area contributed by atoms with Crippen molar-refractivity contribution >= 4 is 12.0 Å². The number of piperazine rings is 1. The van der Waals surface area contributed by atoms with Crippen molar-refractivity contribution < 1.29 is 14.3 Å². The van der Waals surface area contributed by atoms with Crippen LogP contribution in [0.25, 0.3) is 0 Å². The number of hydrogen-bond acceptors (Lipinski definition) is 5. The number of esters is 1. The number of nitrogens with one attached hydrogen (secondary N) is 2. The lowest BCUT2D eigenvalue weighted by Crippen LogP contribution is -2.51. The third kappa shape index (κ3) is 4.72. The SMILES string of the molecule is CCOC(=O)C1=C(CN2CCN(C)CC2)NC(=O)N[C@H]1c1ccc(CC)cc1. The van der Waals surface area contributed by atoms with Crippen LogP contribution in [0.3, 0.4) is 0 Å².